The smallest absolute Gasteiger partial charge is 0.240 e. The molecular formula is C24H28N4O2S. The minimum Gasteiger partial charge on any atom is -0.373 e. The number of benzene rings is 3. The molecule has 1 aliphatic heterocycles. The van der Waals surface area contributed by atoms with Crippen molar-refractivity contribution in [2.24, 2.45) is 5.14 Å². The third-order valence-electron chi connectivity index (χ3n) is 5.70. The zero-order valence-corrected chi connectivity index (χ0v) is 18.4. The fourth-order valence-corrected chi connectivity index (χ4v) is 4.63. The van der Waals surface area contributed by atoms with Crippen LogP contribution in [0.1, 0.15) is 17.2 Å². The molecule has 1 aliphatic rings. The first kappa shape index (κ1) is 21.4. The van der Waals surface area contributed by atoms with Crippen molar-refractivity contribution in [1.29, 1.82) is 0 Å². The predicted octanol–water partition coefficient (Wildman–Crippen LogP) is 3.29. The highest BCUT2D eigenvalue weighted by molar-refractivity contribution is 7.89. The molecule has 0 aromatic heterocycles. The molecule has 1 heterocycles. The average Bonchev–Trinajstić information content (AvgIpc) is 2.78. The topological polar surface area (TPSA) is 78.7 Å². The molecule has 0 radical (unpaired) electrons. The van der Waals surface area contributed by atoms with Crippen LogP contribution in [-0.4, -0.2) is 46.5 Å². The van der Waals surface area contributed by atoms with Gasteiger partial charge in [0.2, 0.25) is 10.0 Å². The maximum Gasteiger partial charge on any atom is 0.240 e. The molecule has 0 spiro atoms. The summed E-state index contributed by atoms with van der Waals surface area (Å²) in [6.07, 6.45) is 0. The zero-order valence-electron chi connectivity index (χ0n) is 17.6. The van der Waals surface area contributed by atoms with Gasteiger partial charge in [0.15, 0.2) is 0 Å². The van der Waals surface area contributed by atoms with E-state index in [-0.39, 0.29) is 10.9 Å². The Hall–Kier alpha value is -2.87. The van der Waals surface area contributed by atoms with Gasteiger partial charge in [-0.1, -0.05) is 60.7 Å². The lowest BCUT2D eigenvalue weighted by molar-refractivity contribution is 0.313. The van der Waals surface area contributed by atoms with E-state index in [1.807, 2.05) is 72.8 Å². The summed E-state index contributed by atoms with van der Waals surface area (Å²) in [5.41, 5.74) is 3.58. The van der Waals surface area contributed by atoms with Crippen LogP contribution >= 0.6 is 0 Å². The molecule has 162 valence electrons. The van der Waals surface area contributed by atoms with Crippen LogP contribution in [0, 0.1) is 0 Å². The van der Waals surface area contributed by atoms with E-state index in [0.717, 1.165) is 43.0 Å². The van der Waals surface area contributed by atoms with Gasteiger partial charge in [0.1, 0.15) is 4.90 Å². The van der Waals surface area contributed by atoms with Gasteiger partial charge in [0.05, 0.1) is 11.7 Å². The molecule has 1 saturated heterocycles. The standard InChI is InChI=1S/C24H28N4O2S/c1-27-14-16-28(17-15-27)21-12-13-23(31(25,29)30)22(18-21)26-24(19-8-4-2-5-9-19)20-10-6-3-7-11-20/h2-13,18,24,26H,14-17H2,1H3,(H2,25,29,30). The first-order valence-corrected chi connectivity index (χ1v) is 11.9. The number of nitrogens with one attached hydrogen (secondary N) is 1. The van der Waals surface area contributed by atoms with Gasteiger partial charge in [-0.3, -0.25) is 0 Å². The molecule has 0 bridgehead atoms. The van der Waals surface area contributed by atoms with Crippen molar-refractivity contribution in [2.75, 3.05) is 43.4 Å². The number of likely N-dealkylation sites (N-methyl/N-ethyl adjacent to an activating group) is 1. The normalized spacial score (nSPS) is 15.3. The van der Waals surface area contributed by atoms with E-state index in [1.54, 1.807) is 6.07 Å². The Labute approximate surface area is 184 Å². The van der Waals surface area contributed by atoms with Crippen LogP contribution in [-0.2, 0) is 10.0 Å². The Morgan fingerprint density at radius 1 is 0.839 bits per heavy atom. The van der Waals surface area contributed by atoms with Crippen LogP contribution in [0.5, 0.6) is 0 Å². The van der Waals surface area contributed by atoms with Crippen molar-refractivity contribution >= 4 is 21.4 Å². The molecule has 7 heteroatoms. The molecular weight excluding hydrogens is 408 g/mol. The van der Waals surface area contributed by atoms with Gasteiger partial charge >= 0.3 is 0 Å². The number of hydrogen-bond donors (Lipinski definition) is 2. The molecule has 0 unspecified atom stereocenters. The maximum atomic E-state index is 12.4. The molecule has 3 aromatic carbocycles. The molecule has 0 saturated carbocycles. The van der Waals surface area contributed by atoms with E-state index < -0.39 is 10.0 Å². The van der Waals surface area contributed by atoms with Crippen molar-refractivity contribution in [2.45, 2.75) is 10.9 Å². The number of anilines is 2. The highest BCUT2D eigenvalue weighted by Crippen LogP contribution is 2.33. The summed E-state index contributed by atoms with van der Waals surface area (Å²) in [5, 5.41) is 9.05. The highest BCUT2D eigenvalue weighted by atomic mass is 32.2. The van der Waals surface area contributed by atoms with E-state index in [0.29, 0.717) is 5.69 Å². The second kappa shape index (κ2) is 9.09. The van der Waals surface area contributed by atoms with E-state index in [4.69, 9.17) is 5.14 Å². The van der Waals surface area contributed by atoms with E-state index in [2.05, 4.69) is 22.2 Å². The van der Waals surface area contributed by atoms with Crippen LogP contribution in [0.4, 0.5) is 11.4 Å². The van der Waals surface area contributed by atoms with Crippen molar-refractivity contribution in [3.63, 3.8) is 0 Å². The van der Waals surface area contributed by atoms with Crippen LogP contribution < -0.4 is 15.4 Å². The summed E-state index contributed by atoms with van der Waals surface area (Å²) < 4.78 is 24.7. The third-order valence-corrected chi connectivity index (χ3v) is 6.67. The molecule has 0 atom stereocenters. The Morgan fingerprint density at radius 3 is 1.90 bits per heavy atom. The first-order chi connectivity index (χ1) is 14.9. The fourth-order valence-electron chi connectivity index (χ4n) is 3.95. The molecule has 0 amide bonds. The Bertz CT molecular complexity index is 1070. The SMILES string of the molecule is CN1CCN(c2ccc(S(N)(=O)=O)c(NC(c3ccccc3)c3ccccc3)c2)CC1. The monoisotopic (exact) mass is 436 g/mol. The van der Waals surface area contributed by atoms with E-state index >= 15 is 0 Å². The molecule has 4 rings (SSSR count). The minimum atomic E-state index is -3.89. The lowest BCUT2D eigenvalue weighted by atomic mass is 9.98. The number of nitrogens with zero attached hydrogens (tertiary/aromatic N) is 2. The number of primary sulfonamides is 1. The highest BCUT2D eigenvalue weighted by Gasteiger charge is 2.22. The quantitative estimate of drug-likeness (QED) is 0.620. The fraction of sp³-hybridized carbons (Fsp3) is 0.250. The average molecular weight is 437 g/mol. The zero-order chi connectivity index (χ0) is 21.8. The maximum absolute atomic E-state index is 12.4. The molecule has 3 aromatic rings. The van der Waals surface area contributed by atoms with Crippen molar-refractivity contribution in [1.82, 2.24) is 4.90 Å². The van der Waals surface area contributed by atoms with Gasteiger partial charge in [-0.15, -0.1) is 0 Å². The third kappa shape index (κ3) is 5.07. The van der Waals surface area contributed by atoms with Gasteiger partial charge in [0, 0.05) is 31.9 Å². The summed E-state index contributed by atoms with van der Waals surface area (Å²) in [4.78, 5) is 4.66. The van der Waals surface area contributed by atoms with Gasteiger partial charge in [-0.05, 0) is 36.4 Å². The summed E-state index contributed by atoms with van der Waals surface area (Å²) in [5.74, 6) is 0. The van der Waals surface area contributed by atoms with Crippen molar-refractivity contribution in [3.8, 4) is 0 Å². The largest absolute Gasteiger partial charge is 0.373 e. The second-order valence-electron chi connectivity index (χ2n) is 7.91. The Balaban J connectivity index is 1.75. The number of rotatable bonds is 6. The Morgan fingerprint density at radius 2 is 1.39 bits per heavy atom. The van der Waals surface area contributed by atoms with Gasteiger partial charge in [-0.25, -0.2) is 13.6 Å². The number of hydrogen-bond acceptors (Lipinski definition) is 5. The predicted molar refractivity (Wildman–Crippen MR) is 126 cm³/mol. The first-order valence-electron chi connectivity index (χ1n) is 10.4. The minimum absolute atomic E-state index is 0.0993. The van der Waals surface area contributed by atoms with Crippen LogP contribution in [0.25, 0.3) is 0 Å². The van der Waals surface area contributed by atoms with Crippen molar-refractivity contribution < 1.29 is 8.42 Å². The van der Waals surface area contributed by atoms with Gasteiger partial charge in [0.25, 0.3) is 0 Å². The summed E-state index contributed by atoms with van der Waals surface area (Å²) in [6.45, 7) is 3.73. The van der Waals surface area contributed by atoms with E-state index in [1.165, 1.54) is 0 Å². The summed E-state index contributed by atoms with van der Waals surface area (Å²) >= 11 is 0. The van der Waals surface area contributed by atoms with E-state index in [9.17, 15) is 8.42 Å². The van der Waals surface area contributed by atoms with Gasteiger partial charge in [-0.2, -0.15) is 0 Å². The Kier molecular flexibility index (Phi) is 6.27. The summed E-state index contributed by atoms with van der Waals surface area (Å²) in [6, 6.07) is 25.1. The van der Waals surface area contributed by atoms with Crippen LogP contribution in [0.3, 0.4) is 0 Å². The second-order valence-corrected chi connectivity index (χ2v) is 9.44. The molecule has 31 heavy (non-hydrogen) atoms. The molecule has 0 aliphatic carbocycles. The van der Waals surface area contributed by atoms with Crippen LogP contribution in [0.2, 0.25) is 0 Å². The number of sulfonamides is 1. The van der Waals surface area contributed by atoms with Crippen LogP contribution in [0.15, 0.2) is 83.8 Å². The molecule has 6 nitrogen and oxygen atoms in total. The van der Waals surface area contributed by atoms with Gasteiger partial charge < -0.3 is 15.1 Å². The number of nitrogens with two attached hydrogens (primary N) is 1. The molecule has 1 fully saturated rings. The summed E-state index contributed by atoms with van der Waals surface area (Å²) in [7, 11) is -1.78. The van der Waals surface area contributed by atoms with Crippen molar-refractivity contribution in [3.05, 3.63) is 90.0 Å². The number of piperazine rings is 1. The lowest BCUT2D eigenvalue weighted by Gasteiger charge is -2.34. The lowest BCUT2D eigenvalue weighted by Crippen LogP contribution is -2.44. The molecule has 3 N–H and O–H groups in total.